The van der Waals surface area contributed by atoms with E-state index in [0.29, 0.717) is 12.6 Å². The fourth-order valence-electron chi connectivity index (χ4n) is 4.85. The number of benzene rings is 2. The summed E-state index contributed by atoms with van der Waals surface area (Å²) < 4.78 is 19.8. The molecule has 5 rings (SSSR count). The van der Waals surface area contributed by atoms with Crippen molar-refractivity contribution in [1.82, 2.24) is 14.3 Å². The van der Waals surface area contributed by atoms with E-state index >= 15 is 0 Å². The number of hydrogen-bond acceptors (Lipinski definition) is 4. The minimum Gasteiger partial charge on any atom is -0.342 e. The summed E-state index contributed by atoms with van der Waals surface area (Å²) in [6, 6.07) is 15.7. The summed E-state index contributed by atoms with van der Waals surface area (Å²) in [5, 5.41) is 0.794. The second-order valence-corrected chi connectivity index (χ2v) is 10.0. The van der Waals surface area contributed by atoms with Crippen molar-refractivity contribution in [2.75, 3.05) is 18.0 Å². The summed E-state index contributed by atoms with van der Waals surface area (Å²) in [6.45, 7) is 2.62. The zero-order valence-electron chi connectivity index (χ0n) is 18.0. The number of rotatable bonds is 6. The van der Waals surface area contributed by atoms with E-state index in [4.69, 9.17) is 4.98 Å². The maximum atomic E-state index is 13.8. The van der Waals surface area contributed by atoms with Gasteiger partial charge in [0.2, 0.25) is 5.95 Å². The average Bonchev–Trinajstić information content (AvgIpc) is 3.17. The van der Waals surface area contributed by atoms with Gasteiger partial charge in [-0.05, 0) is 55.5 Å². The monoisotopic (exact) mass is 438 g/mol. The van der Waals surface area contributed by atoms with Crippen LogP contribution >= 0.6 is 11.9 Å². The second kappa shape index (κ2) is 9.61. The molecule has 2 heterocycles. The van der Waals surface area contributed by atoms with Crippen LogP contribution in [0.25, 0.3) is 11.0 Å². The Balaban J connectivity index is 1.29. The van der Waals surface area contributed by atoms with Crippen LogP contribution in [-0.2, 0) is 6.54 Å². The third kappa shape index (κ3) is 4.90. The number of nitrogens with one attached hydrogen (secondary N) is 1. The molecule has 0 amide bonds. The Labute approximate surface area is 188 Å². The zero-order chi connectivity index (χ0) is 21.0. The smallest absolute Gasteiger partial charge is 0.206 e. The van der Waals surface area contributed by atoms with Gasteiger partial charge in [-0.15, -0.1) is 0 Å². The highest BCUT2D eigenvalue weighted by atomic mass is 32.2. The van der Waals surface area contributed by atoms with Gasteiger partial charge in [-0.3, -0.25) is 4.72 Å². The normalized spacial score (nSPS) is 18.7. The predicted molar refractivity (Wildman–Crippen MR) is 128 cm³/mol. The number of piperidine rings is 1. The minimum absolute atomic E-state index is 0.189. The Hall–Kier alpha value is -2.05. The molecule has 1 saturated heterocycles. The maximum Gasteiger partial charge on any atom is 0.206 e. The topological polar surface area (TPSA) is 33.1 Å². The second-order valence-electron chi connectivity index (χ2n) is 8.87. The Morgan fingerprint density at radius 3 is 2.58 bits per heavy atom. The minimum atomic E-state index is -0.189. The van der Waals surface area contributed by atoms with Crippen molar-refractivity contribution < 1.29 is 4.39 Å². The van der Waals surface area contributed by atoms with Crippen LogP contribution in [-0.4, -0.2) is 33.9 Å². The zero-order valence-corrected chi connectivity index (χ0v) is 18.8. The first kappa shape index (κ1) is 20.8. The highest BCUT2D eigenvalue weighted by Crippen LogP contribution is 2.29. The molecular weight excluding hydrogens is 407 g/mol. The van der Waals surface area contributed by atoms with E-state index in [9.17, 15) is 4.39 Å². The fourth-order valence-corrected chi connectivity index (χ4v) is 6.04. The molecule has 6 heteroatoms. The molecule has 1 aliphatic carbocycles. The van der Waals surface area contributed by atoms with Crippen molar-refractivity contribution in [3.05, 3.63) is 59.9 Å². The van der Waals surface area contributed by atoms with E-state index in [2.05, 4.69) is 32.4 Å². The van der Waals surface area contributed by atoms with Crippen LogP contribution < -0.4 is 9.62 Å². The van der Waals surface area contributed by atoms with Crippen LogP contribution in [0.4, 0.5) is 10.3 Å². The first-order valence-corrected chi connectivity index (χ1v) is 12.5. The molecule has 0 bridgehead atoms. The molecule has 2 aromatic carbocycles. The van der Waals surface area contributed by atoms with Gasteiger partial charge in [0, 0.05) is 24.4 Å². The number of aromatic nitrogens is 2. The van der Waals surface area contributed by atoms with E-state index in [1.54, 1.807) is 12.1 Å². The van der Waals surface area contributed by atoms with E-state index in [1.165, 1.54) is 38.2 Å². The number of anilines is 1. The van der Waals surface area contributed by atoms with E-state index in [0.717, 1.165) is 53.7 Å². The molecule has 0 atom stereocenters. The van der Waals surface area contributed by atoms with Gasteiger partial charge in [-0.1, -0.05) is 55.5 Å². The number of hydrogen-bond donors (Lipinski definition) is 1. The van der Waals surface area contributed by atoms with Crippen LogP contribution in [0.15, 0.2) is 48.5 Å². The van der Waals surface area contributed by atoms with Crippen molar-refractivity contribution in [2.24, 2.45) is 0 Å². The summed E-state index contributed by atoms with van der Waals surface area (Å²) in [5.74, 6) is 0.815. The van der Waals surface area contributed by atoms with Gasteiger partial charge < -0.3 is 9.47 Å². The maximum absolute atomic E-state index is 13.8. The van der Waals surface area contributed by atoms with E-state index in [1.807, 2.05) is 24.1 Å². The lowest BCUT2D eigenvalue weighted by molar-refractivity contribution is 0.465. The van der Waals surface area contributed by atoms with Crippen molar-refractivity contribution in [3.8, 4) is 0 Å². The quantitative estimate of drug-likeness (QED) is 0.496. The Morgan fingerprint density at radius 2 is 1.77 bits per heavy atom. The fraction of sp³-hybridized carbons (Fsp3) is 0.480. The van der Waals surface area contributed by atoms with Crippen molar-refractivity contribution in [3.63, 3.8) is 0 Å². The van der Waals surface area contributed by atoms with Gasteiger partial charge in [0.25, 0.3) is 0 Å². The molecule has 0 unspecified atom stereocenters. The molecule has 3 aromatic rings. The molecule has 31 heavy (non-hydrogen) atoms. The molecule has 1 aromatic heterocycles. The van der Waals surface area contributed by atoms with Gasteiger partial charge in [-0.2, -0.15) is 0 Å². The van der Waals surface area contributed by atoms with Crippen LogP contribution in [0.2, 0.25) is 0 Å². The van der Waals surface area contributed by atoms with Gasteiger partial charge >= 0.3 is 0 Å². The number of nitrogens with zero attached hydrogens (tertiary/aromatic N) is 3. The van der Waals surface area contributed by atoms with Gasteiger partial charge in [0.15, 0.2) is 0 Å². The average molecular weight is 439 g/mol. The van der Waals surface area contributed by atoms with Crippen LogP contribution in [0, 0.1) is 5.82 Å². The molecule has 0 spiro atoms. The summed E-state index contributed by atoms with van der Waals surface area (Å²) in [7, 11) is 0. The highest BCUT2D eigenvalue weighted by molar-refractivity contribution is 7.98. The van der Waals surface area contributed by atoms with Crippen molar-refractivity contribution >= 4 is 28.9 Å². The molecule has 2 aliphatic rings. The molecule has 1 aliphatic heterocycles. The van der Waals surface area contributed by atoms with Crippen LogP contribution in [0.3, 0.4) is 0 Å². The first-order valence-electron chi connectivity index (χ1n) is 11.6. The largest absolute Gasteiger partial charge is 0.342 e. The number of imidazole rings is 1. The molecule has 4 nitrogen and oxygen atoms in total. The standard InChI is InChI=1S/C25H31FN4S/c26-20-8-6-7-19(17-20)18-30-24-12-5-4-11-23(24)27-25(30)29-15-13-21(14-16-29)28-31-22-9-2-1-3-10-22/h4-8,11-12,17,21-22,28H,1-3,9-10,13-16,18H2. The molecule has 0 radical (unpaired) electrons. The number of para-hydroxylation sites is 2. The van der Waals surface area contributed by atoms with Crippen molar-refractivity contribution in [1.29, 1.82) is 0 Å². The molecule has 2 fully saturated rings. The predicted octanol–water partition coefficient (Wildman–Crippen LogP) is 5.76. The lowest BCUT2D eigenvalue weighted by atomic mass is 10.0. The molecule has 1 saturated carbocycles. The van der Waals surface area contributed by atoms with Crippen LogP contribution in [0.1, 0.15) is 50.5 Å². The first-order chi connectivity index (χ1) is 15.3. The Bertz CT molecular complexity index is 1010. The van der Waals surface area contributed by atoms with Crippen molar-refractivity contribution in [2.45, 2.75) is 62.8 Å². The summed E-state index contributed by atoms with van der Waals surface area (Å²) >= 11 is 1.99. The molecular formula is C25H31FN4S. The lowest BCUT2D eigenvalue weighted by Crippen LogP contribution is -2.42. The highest BCUT2D eigenvalue weighted by Gasteiger charge is 2.25. The molecule has 164 valence electrons. The SMILES string of the molecule is Fc1cccc(Cn2c(N3CCC(NSC4CCCCC4)CC3)nc3ccccc32)c1. The van der Waals surface area contributed by atoms with E-state index in [-0.39, 0.29) is 5.82 Å². The van der Waals surface area contributed by atoms with Gasteiger partial charge in [0.05, 0.1) is 17.6 Å². The van der Waals surface area contributed by atoms with Gasteiger partial charge in [-0.25, -0.2) is 9.37 Å². The number of fused-ring (bicyclic) bond motifs is 1. The van der Waals surface area contributed by atoms with Gasteiger partial charge in [0.1, 0.15) is 5.82 Å². The Morgan fingerprint density at radius 1 is 0.968 bits per heavy atom. The summed E-state index contributed by atoms with van der Waals surface area (Å²) in [6.07, 6.45) is 9.16. The number of halogens is 1. The third-order valence-corrected chi connectivity index (χ3v) is 7.87. The lowest BCUT2D eigenvalue weighted by Gasteiger charge is -2.34. The summed E-state index contributed by atoms with van der Waals surface area (Å²) in [4.78, 5) is 7.37. The molecule has 1 N–H and O–H groups in total. The van der Waals surface area contributed by atoms with Crippen LogP contribution in [0.5, 0.6) is 0 Å². The third-order valence-electron chi connectivity index (χ3n) is 6.60. The Kier molecular flexibility index (Phi) is 6.46. The summed E-state index contributed by atoms with van der Waals surface area (Å²) in [5.41, 5.74) is 3.07. The van der Waals surface area contributed by atoms with E-state index < -0.39 is 0 Å².